The lowest BCUT2D eigenvalue weighted by atomic mass is 10.0. The van der Waals surface area contributed by atoms with E-state index in [1.165, 1.54) is 0 Å². The minimum absolute atomic E-state index is 0.0997. The number of rotatable bonds is 3. The molecule has 0 aromatic heterocycles. The van der Waals surface area contributed by atoms with Crippen LogP contribution in [0.5, 0.6) is 0 Å². The number of nitrogens with zero attached hydrogens (tertiary/aromatic N) is 2. The molecule has 0 aromatic carbocycles. The van der Waals surface area contributed by atoms with Crippen LogP contribution in [0.1, 0.15) is 26.2 Å². The Hall–Kier alpha value is -0.560. The highest BCUT2D eigenvalue weighted by atomic mass is 35.5. The number of guanidine groups is 1. The molecule has 3 aliphatic rings. The van der Waals surface area contributed by atoms with E-state index in [0.717, 1.165) is 58.1 Å². The van der Waals surface area contributed by atoms with Gasteiger partial charge >= 0.3 is 0 Å². The van der Waals surface area contributed by atoms with E-state index >= 15 is 0 Å². The summed E-state index contributed by atoms with van der Waals surface area (Å²) in [6, 6.07) is 0.931. The smallest absolute Gasteiger partial charge is 0.194 e. The molecule has 3 rings (SSSR count). The Morgan fingerprint density at radius 3 is 2.81 bits per heavy atom. The minimum Gasteiger partial charge on any atom is -0.354 e. The Labute approximate surface area is 132 Å². The second-order valence-corrected chi connectivity index (χ2v) is 6.59. The first-order valence-electron chi connectivity index (χ1n) is 8.18. The van der Waals surface area contributed by atoms with Gasteiger partial charge in [-0.3, -0.25) is 15.6 Å². The lowest BCUT2D eigenvalue weighted by molar-refractivity contribution is 0.215. The number of aliphatic imine (C=N–C) groups is 1. The molecule has 3 aliphatic heterocycles. The van der Waals surface area contributed by atoms with Gasteiger partial charge in [0.2, 0.25) is 0 Å². The third-order valence-electron chi connectivity index (χ3n) is 4.70. The molecule has 21 heavy (non-hydrogen) atoms. The van der Waals surface area contributed by atoms with E-state index in [0.29, 0.717) is 12.1 Å². The zero-order valence-corrected chi connectivity index (χ0v) is 13.5. The van der Waals surface area contributed by atoms with E-state index in [1.54, 1.807) is 0 Å². The van der Waals surface area contributed by atoms with Crippen LogP contribution in [0.25, 0.3) is 0 Å². The molecule has 3 heterocycles. The van der Waals surface area contributed by atoms with Crippen LogP contribution in [0.3, 0.4) is 0 Å². The summed E-state index contributed by atoms with van der Waals surface area (Å²) in [7, 11) is 0. The third-order valence-corrected chi connectivity index (χ3v) is 5.25. The quantitative estimate of drug-likeness (QED) is 0.546. The summed E-state index contributed by atoms with van der Waals surface area (Å²) >= 11 is 6.57. The Morgan fingerprint density at radius 1 is 1.33 bits per heavy atom. The molecule has 6 nitrogen and oxygen atoms in total. The highest BCUT2D eigenvalue weighted by Crippen LogP contribution is 2.17. The Morgan fingerprint density at radius 2 is 2.14 bits per heavy atom. The predicted octanol–water partition coefficient (Wildman–Crippen LogP) is -0.138. The van der Waals surface area contributed by atoms with Crippen molar-refractivity contribution in [3.8, 4) is 0 Å². The molecule has 7 heteroatoms. The maximum atomic E-state index is 6.57. The van der Waals surface area contributed by atoms with Gasteiger partial charge in [0.05, 0.1) is 18.1 Å². The van der Waals surface area contributed by atoms with Gasteiger partial charge in [0.15, 0.2) is 5.96 Å². The summed E-state index contributed by atoms with van der Waals surface area (Å²) in [6.45, 7) is 7.05. The zero-order valence-electron chi connectivity index (χ0n) is 12.7. The first-order valence-corrected chi connectivity index (χ1v) is 8.61. The van der Waals surface area contributed by atoms with E-state index in [1.807, 2.05) is 0 Å². The number of halogens is 1. The first-order chi connectivity index (χ1) is 10.3. The van der Waals surface area contributed by atoms with Gasteiger partial charge in [-0.1, -0.05) is 6.92 Å². The molecule has 0 aliphatic carbocycles. The monoisotopic (exact) mass is 314 g/mol. The Kier molecular flexibility index (Phi) is 5.21. The SMILES string of the molecule is CCC1NCNC(NC2CCN(C3=NCCN3)CC2)C1Cl. The van der Waals surface area contributed by atoms with Crippen molar-refractivity contribution in [1.82, 2.24) is 26.2 Å². The lowest BCUT2D eigenvalue weighted by Gasteiger charge is -2.40. The summed E-state index contributed by atoms with van der Waals surface area (Å²) in [6.07, 6.45) is 3.56. The topological polar surface area (TPSA) is 63.7 Å². The van der Waals surface area contributed by atoms with Crippen LogP contribution >= 0.6 is 11.6 Å². The van der Waals surface area contributed by atoms with Gasteiger partial charge in [-0.25, -0.2) is 0 Å². The van der Waals surface area contributed by atoms with Crippen LogP contribution in [0, 0.1) is 0 Å². The van der Waals surface area contributed by atoms with Gasteiger partial charge in [-0.2, -0.15) is 0 Å². The van der Waals surface area contributed by atoms with Crippen LogP contribution in [-0.2, 0) is 0 Å². The molecule has 4 N–H and O–H groups in total. The normalized spacial score (nSPS) is 34.7. The first kappa shape index (κ1) is 15.3. The summed E-state index contributed by atoms with van der Waals surface area (Å²) in [5, 5.41) is 14.0. The Balaban J connectivity index is 1.46. The maximum absolute atomic E-state index is 6.57. The predicted molar refractivity (Wildman–Crippen MR) is 86.7 cm³/mol. The van der Waals surface area contributed by atoms with Crippen molar-refractivity contribution in [1.29, 1.82) is 0 Å². The number of nitrogens with one attached hydrogen (secondary N) is 4. The number of alkyl halides is 1. The van der Waals surface area contributed by atoms with Crippen molar-refractivity contribution < 1.29 is 0 Å². The average molecular weight is 315 g/mol. The van der Waals surface area contributed by atoms with Crippen LogP contribution in [0.15, 0.2) is 4.99 Å². The molecule has 0 aromatic rings. The van der Waals surface area contributed by atoms with Crippen molar-refractivity contribution in [2.24, 2.45) is 4.99 Å². The molecule has 3 atom stereocenters. The van der Waals surface area contributed by atoms with Crippen LogP contribution < -0.4 is 21.3 Å². The van der Waals surface area contributed by atoms with E-state index in [9.17, 15) is 0 Å². The highest BCUT2D eigenvalue weighted by molar-refractivity contribution is 6.21. The van der Waals surface area contributed by atoms with Gasteiger partial charge < -0.3 is 15.5 Å². The number of hydrogen-bond acceptors (Lipinski definition) is 6. The van der Waals surface area contributed by atoms with Gasteiger partial charge in [0.1, 0.15) is 0 Å². The highest BCUT2D eigenvalue weighted by Gasteiger charge is 2.32. The number of likely N-dealkylation sites (tertiary alicyclic amines) is 1. The Bertz CT molecular complexity index is 368. The van der Waals surface area contributed by atoms with Gasteiger partial charge in [0.25, 0.3) is 0 Å². The fourth-order valence-electron chi connectivity index (χ4n) is 3.39. The van der Waals surface area contributed by atoms with E-state index in [2.05, 4.69) is 38.1 Å². The molecule has 0 spiro atoms. The number of piperidine rings is 1. The van der Waals surface area contributed by atoms with E-state index in [4.69, 9.17) is 11.6 Å². The molecule has 2 saturated heterocycles. The second kappa shape index (κ2) is 7.13. The molecular weight excluding hydrogens is 288 g/mol. The molecule has 120 valence electrons. The van der Waals surface area contributed by atoms with Crippen LogP contribution in [-0.4, -0.2) is 67.3 Å². The van der Waals surface area contributed by atoms with E-state index < -0.39 is 0 Å². The molecule has 0 radical (unpaired) electrons. The summed E-state index contributed by atoms with van der Waals surface area (Å²) in [4.78, 5) is 6.87. The average Bonchev–Trinajstić information content (AvgIpc) is 3.04. The summed E-state index contributed by atoms with van der Waals surface area (Å²) in [5.74, 6) is 1.09. The van der Waals surface area contributed by atoms with Crippen molar-refractivity contribution in [2.45, 2.75) is 49.8 Å². The molecule has 2 fully saturated rings. The van der Waals surface area contributed by atoms with Gasteiger partial charge in [0, 0.05) is 38.4 Å². The van der Waals surface area contributed by atoms with Crippen molar-refractivity contribution in [3.05, 3.63) is 0 Å². The summed E-state index contributed by atoms with van der Waals surface area (Å²) < 4.78 is 0. The van der Waals surface area contributed by atoms with Crippen LogP contribution in [0.2, 0.25) is 0 Å². The molecule has 0 saturated carbocycles. The van der Waals surface area contributed by atoms with Gasteiger partial charge in [-0.05, 0) is 19.3 Å². The molecular formula is C14H27ClN6. The summed E-state index contributed by atoms with van der Waals surface area (Å²) in [5.41, 5.74) is 0. The maximum Gasteiger partial charge on any atom is 0.194 e. The van der Waals surface area contributed by atoms with Gasteiger partial charge in [-0.15, -0.1) is 11.6 Å². The largest absolute Gasteiger partial charge is 0.354 e. The zero-order chi connectivity index (χ0) is 14.7. The molecule has 3 unspecified atom stereocenters. The van der Waals surface area contributed by atoms with Crippen molar-refractivity contribution in [3.63, 3.8) is 0 Å². The molecule has 0 bridgehead atoms. The van der Waals surface area contributed by atoms with Crippen molar-refractivity contribution >= 4 is 17.6 Å². The minimum atomic E-state index is 0.0997. The fraction of sp³-hybridized carbons (Fsp3) is 0.929. The standard InChI is InChI=1S/C14H27ClN6/c1-2-11-12(15)13(19-9-18-11)20-10-3-7-21(8-4-10)14-16-5-6-17-14/h10-13,18-20H,2-9H2,1H3,(H,16,17). The van der Waals surface area contributed by atoms with Crippen molar-refractivity contribution in [2.75, 3.05) is 32.8 Å². The lowest BCUT2D eigenvalue weighted by Crippen LogP contribution is -2.65. The third kappa shape index (κ3) is 3.62. The second-order valence-electron chi connectivity index (χ2n) is 6.08. The molecule has 0 amide bonds. The van der Waals surface area contributed by atoms with Crippen LogP contribution in [0.4, 0.5) is 0 Å². The fourth-order valence-corrected chi connectivity index (χ4v) is 3.82. The number of hydrogen-bond donors (Lipinski definition) is 4. The van der Waals surface area contributed by atoms with E-state index in [-0.39, 0.29) is 11.5 Å².